The molecule has 0 spiro atoms. The number of piperazine rings is 1. The van der Waals surface area contributed by atoms with Crippen LogP contribution in [0.15, 0.2) is 77.8 Å². The molecule has 0 unspecified atom stereocenters. The molecule has 1 aliphatic heterocycles. The van der Waals surface area contributed by atoms with Gasteiger partial charge in [-0.05, 0) is 83.5 Å². The van der Waals surface area contributed by atoms with Crippen LogP contribution in [0.2, 0.25) is 0 Å². The number of hydrogen-bond donors (Lipinski definition) is 4. The maximum Gasteiger partial charge on any atom is 0.407 e. The molecule has 4 aromatic rings. The van der Waals surface area contributed by atoms with E-state index in [9.17, 15) is 34.2 Å². The van der Waals surface area contributed by atoms with E-state index in [0.717, 1.165) is 30.7 Å². The molecular formula is C43H53N7O9. The predicted molar refractivity (Wildman–Crippen MR) is 224 cm³/mol. The maximum atomic E-state index is 14.1. The molecule has 1 saturated heterocycles. The summed E-state index contributed by atoms with van der Waals surface area (Å²) in [6.45, 7) is 9.26. The number of carbonyl (C=O) groups excluding carboxylic acids is 4. The second-order valence-corrected chi connectivity index (χ2v) is 15.4. The Kier molecular flexibility index (Phi) is 14.5. The van der Waals surface area contributed by atoms with Gasteiger partial charge in [0.05, 0.1) is 41.7 Å². The molecule has 2 heterocycles. The Bertz CT molecular complexity index is 2170. The monoisotopic (exact) mass is 811 g/mol. The smallest absolute Gasteiger partial charge is 0.407 e. The number of hydrogen-bond acceptors (Lipinski definition) is 11. The van der Waals surface area contributed by atoms with E-state index in [0.29, 0.717) is 41.7 Å². The highest BCUT2D eigenvalue weighted by Crippen LogP contribution is 2.36. The van der Waals surface area contributed by atoms with E-state index in [1.54, 1.807) is 81.2 Å². The Labute approximate surface area is 343 Å². The van der Waals surface area contributed by atoms with Gasteiger partial charge in [0.2, 0.25) is 11.8 Å². The van der Waals surface area contributed by atoms with E-state index in [4.69, 9.17) is 14.5 Å². The third-order valence-corrected chi connectivity index (χ3v) is 9.86. The summed E-state index contributed by atoms with van der Waals surface area (Å²) in [7, 11) is 4.97. The SMILES string of the molecule is COC(=O)[C@H](CCCCNC(=O)OC(C)(C)C)NC(=O)n1c(O)c(C(=Nc2ccc(N(C)C(=O)CN3CCN(C)CC3)cc2)c2ccccc2)c2ccc(C(=O)O)cc21. The van der Waals surface area contributed by atoms with Crippen molar-refractivity contribution in [1.82, 2.24) is 25.0 Å². The van der Waals surface area contributed by atoms with Crippen molar-refractivity contribution in [2.24, 2.45) is 4.99 Å². The second-order valence-electron chi connectivity index (χ2n) is 15.4. The standard InChI is InChI=1S/C43H53N7O9/c1-43(2,3)59-42(57)44-21-11-10-14-33(40(55)58-6)46-41(56)50-34-26-29(39(53)54)15-20-32(34)36(38(50)52)37(28-12-8-7-9-13-28)45-30-16-18-31(19-17-30)48(5)35(51)27-49-24-22-47(4)23-25-49/h7-9,12-13,15-20,26,33,52H,10-11,14,21-25,27H2,1-6H3,(H,44,57)(H,46,56)(H,53,54)/t33-/m0/s1. The van der Waals surface area contributed by atoms with Crippen LogP contribution in [-0.4, -0.2) is 132 Å². The summed E-state index contributed by atoms with van der Waals surface area (Å²) in [6, 6.07) is 18.1. The highest BCUT2D eigenvalue weighted by Gasteiger charge is 2.30. The Balaban J connectivity index is 1.45. The number of amides is 3. The van der Waals surface area contributed by atoms with Crippen molar-refractivity contribution in [3.63, 3.8) is 0 Å². The van der Waals surface area contributed by atoms with Crippen LogP contribution in [-0.2, 0) is 19.1 Å². The van der Waals surface area contributed by atoms with Gasteiger partial charge in [-0.25, -0.2) is 28.7 Å². The Morgan fingerprint density at radius 1 is 0.915 bits per heavy atom. The van der Waals surface area contributed by atoms with Crippen molar-refractivity contribution in [2.75, 3.05) is 65.4 Å². The lowest BCUT2D eigenvalue weighted by atomic mass is 10.00. The summed E-state index contributed by atoms with van der Waals surface area (Å²) in [5.41, 5.74) is 1.40. The first-order valence-corrected chi connectivity index (χ1v) is 19.4. The highest BCUT2D eigenvalue weighted by molar-refractivity contribution is 6.23. The van der Waals surface area contributed by atoms with E-state index in [-0.39, 0.29) is 41.2 Å². The number of alkyl carbamates (subject to hydrolysis) is 1. The number of aromatic hydroxyl groups is 1. The molecule has 16 heteroatoms. The first-order chi connectivity index (χ1) is 28.1. The topological polar surface area (TPSA) is 195 Å². The minimum atomic E-state index is -1.25. The Hall–Kier alpha value is -6.26. The largest absolute Gasteiger partial charge is 0.494 e. The molecule has 0 aliphatic carbocycles. The van der Waals surface area contributed by atoms with E-state index in [1.165, 1.54) is 25.3 Å². The number of carboxylic acids is 1. The lowest BCUT2D eigenvalue weighted by Gasteiger charge is -2.32. The zero-order valence-corrected chi connectivity index (χ0v) is 34.4. The van der Waals surface area contributed by atoms with Gasteiger partial charge in [0.1, 0.15) is 11.6 Å². The number of fused-ring (bicyclic) bond motifs is 1. The molecule has 0 bridgehead atoms. The van der Waals surface area contributed by atoms with Gasteiger partial charge in [0.15, 0.2) is 0 Å². The number of esters is 1. The van der Waals surface area contributed by atoms with E-state index in [1.807, 2.05) is 6.07 Å². The predicted octanol–water partition coefficient (Wildman–Crippen LogP) is 5.22. The molecule has 1 aliphatic rings. The summed E-state index contributed by atoms with van der Waals surface area (Å²) in [5, 5.41) is 27.5. The number of aliphatic imine (C=N–C) groups is 1. The molecule has 1 atom stereocenters. The fourth-order valence-corrected chi connectivity index (χ4v) is 6.62. The molecule has 5 rings (SSSR count). The number of methoxy groups -OCH3 is 1. The van der Waals surface area contributed by atoms with Crippen LogP contribution in [0, 0.1) is 0 Å². The van der Waals surface area contributed by atoms with Crippen LogP contribution in [0.5, 0.6) is 5.88 Å². The number of aromatic nitrogens is 1. The molecule has 3 aromatic carbocycles. The lowest BCUT2D eigenvalue weighted by Crippen LogP contribution is -2.48. The minimum absolute atomic E-state index is 0.0443. The van der Waals surface area contributed by atoms with Gasteiger partial charge in [0, 0.05) is 56.4 Å². The summed E-state index contributed by atoms with van der Waals surface area (Å²) in [5.74, 6) is -2.57. The molecule has 3 amide bonds. The summed E-state index contributed by atoms with van der Waals surface area (Å²) in [4.78, 5) is 75.2. The van der Waals surface area contributed by atoms with Crippen molar-refractivity contribution < 1.29 is 43.7 Å². The number of rotatable bonds is 14. The second kappa shape index (κ2) is 19.5. The molecule has 4 N–H and O–H groups in total. The molecule has 0 saturated carbocycles. The normalized spacial score (nSPS) is 14.4. The maximum absolute atomic E-state index is 14.1. The molecule has 16 nitrogen and oxygen atoms in total. The van der Waals surface area contributed by atoms with Crippen molar-refractivity contribution >= 4 is 58.0 Å². The Morgan fingerprint density at radius 3 is 2.22 bits per heavy atom. The number of nitrogens with one attached hydrogen (secondary N) is 2. The van der Waals surface area contributed by atoms with Crippen LogP contribution < -0.4 is 15.5 Å². The third-order valence-electron chi connectivity index (χ3n) is 9.86. The third kappa shape index (κ3) is 11.4. The van der Waals surface area contributed by atoms with Gasteiger partial charge in [0.25, 0.3) is 0 Å². The van der Waals surface area contributed by atoms with Crippen LogP contribution in [0.3, 0.4) is 0 Å². The van der Waals surface area contributed by atoms with Crippen LogP contribution in [0.25, 0.3) is 10.9 Å². The number of aromatic carboxylic acids is 1. The van der Waals surface area contributed by atoms with Crippen molar-refractivity contribution in [2.45, 2.75) is 51.7 Å². The van der Waals surface area contributed by atoms with Gasteiger partial charge in [-0.2, -0.15) is 0 Å². The number of ether oxygens (including phenoxy) is 2. The van der Waals surface area contributed by atoms with Gasteiger partial charge in [-0.1, -0.05) is 36.4 Å². The number of benzene rings is 3. The zero-order valence-electron chi connectivity index (χ0n) is 34.4. The minimum Gasteiger partial charge on any atom is -0.494 e. The quantitative estimate of drug-likeness (QED) is 0.0741. The molecule has 59 heavy (non-hydrogen) atoms. The molecule has 1 fully saturated rings. The number of nitrogens with zero attached hydrogens (tertiary/aromatic N) is 5. The first-order valence-electron chi connectivity index (χ1n) is 19.4. The van der Waals surface area contributed by atoms with Crippen molar-refractivity contribution in [3.8, 4) is 5.88 Å². The van der Waals surface area contributed by atoms with E-state index in [2.05, 4.69) is 27.5 Å². The van der Waals surface area contributed by atoms with Crippen molar-refractivity contribution in [1.29, 1.82) is 0 Å². The fourth-order valence-electron chi connectivity index (χ4n) is 6.62. The fraction of sp³-hybridized carbons (Fsp3) is 0.395. The lowest BCUT2D eigenvalue weighted by molar-refractivity contribution is -0.143. The number of anilines is 1. The van der Waals surface area contributed by atoms with E-state index < -0.39 is 41.6 Å². The molecular weight excluding hydrogens is 759 g/mol. The number of unbranched alkanes of at least 4 members (excludes halogenated alkanes) is 1. The van der Waals surface area contributed by atoms with Gasteiger partial charge >= 0.3 is 24.1 Å². The first kappa shape index (κ1) is 43.9. The number of likely N-dealkylation sites (N-methyl/N-ethyl adjacent to an activating group) is 2. The Morgan fingerprint density at radius 2 is 1.59 bits per heavy atom. The highest BCUT2D eigenvalue weighted by atomic mass is 16.6. The molecule has 0 radical (unpaired) electrons. The summed E-state index contributed by atoms with van der Waals surface area (Å²) < 4.78 is 11.1. The van der Waals surface area contributed by atoms with Crippen LogP contribution >= 0.6 is 0 Å². The van der Waals surface area contributed by atoms with E-state index >= 15 is 0 Å². The molecule has 1 aromatic heterocycles. The zero-order chi connectivity index (χ0) is 42.9. The average Bonchev–Trinajstić information content (AvgIpc) is 3.49. The van der Waals surface area contributed by atoms with Crippen molar-refractivity contribution in [3.05, 3.63) is 89.5 Å². The summed E-state index contributed by atoms with van der Waals surface area (Å²) >= 11 is 0. The van der Waals surface area contributed by atoms with Crippen LogP contribution in [0.4, 0.5) is 21.0 Å². The molecule has 314 valence electrons. The van der Waals surface area contributed by atoms with Crippen LogP contribution in [0.1, 0.15) is 61.5 Å². The van der Waals surface area contributed by atoms with Gasteiger partial charge in [-0.3, -0.25) is 9.69 Å². The van der Waals surface area contributed by atoms with Gasteiger partial charge in [-0.15, -0.1) is 0 Å². The summed E-state index contributed by atoms with van der Waals surface area (Å²) in [6.07, 6.45) is 0.402. The number of carboxylic acid groups (broad SMARTS) is 1. The number of carbonyl (C=O) groups is 5. The van der Waals surface area contributed by atoms with Gasteiger partial charge < -0.3 is 40.1 Å². The average molecular weight is 812 g/mol.